The molecule has 0 unspecified atom stereocenters. The highest BCUT2D eigenvalue weighted by atomic mass is 79.9. The third-order valence-electron chi connectivity index (χ3n) is 4.92. The lowest BCUT2D eigenvalue weighted by atomic mass is 10.1. The Balaban J connectivity index is 1.67. The number of amides is 2. The van der Waals surface area contributed by atoms with Crippen molar-refractivity contribution >= 4 is 27.7 Å². The van der Waals surface area contributed by atoms with Crippen molar-refractivity contribution in [3.05, 3.63) is 69.2 Å². The molecule has 3 rings (SSSR count). The van der Waals surface area contributed by atoms with E-state index in [1.54, 1.807) is 0 Å². The molecule has 1 aliphatic rings. The van der Waals surface area contributed by atoms with Crippen LogP contribution in [0.4, 0.5) is 0 Å². The van der Waals surface area contributed by atoms with Gasteiger partial charge in [0.25, 0.3) is 11.8 Å². The molecule has 0 aliphatic carbocycles. The first-order valence-corrected chi connectivity index (χ1v) is 9.66. The lowest BCUT2D eigenvalue weighted by molar-refractivity contribution is 0.0718. The first-order valence-electron chi connectivity index (χ1n) is 8.87. The lowest BCUT2D eigenvalue weighted by Gasteiger charge is -2.22. The summed E-state index contributed by atoms with van der Waals surface area (Å²) in [5, 5.41) is 0. The molecule has 1 heterocycles. The first-order chi connectivity index (χ1) is 12.5. The van der Waals surface area contributed by atoms with Gasteiger partial charge in [0, 0.05) is 41.8 Å². The molecule has 4 nitrogen and oxygen atoms in total. The Morgan fingerprint density at radius 1 is 0.769 bits per heavy atom. The predicted octanol–water partition coefficient (Wildman–Crippen LogP) is 4.05. The topological polar surface area (TPSA) is 40.6 Å². The Bertz CT molecular complexity index is 817. The molecule has 1 aliphatic heterocycles. The number of nitrogens with zero attached hydrogens (tertiary/aromatic N) is 2. The molecule has 0 aromatic heterocycles. The summed E-state index contributed by atoms with van der Waals surface area (Å²) in [6.45, 7) is 6.54. The number of carbonyl (C=O) groups excluding carboxylic acids is 2. The number of rotatable bonds is 2. The molecule has 0 saturated carbocycles. The van der Waals surface area contributed by atoms with Crippen molar-refractivity contribution in [2.24, 2.45) is 0 Å². The molecule has 1 saturated heterocycles. The van der Waals surface area contributed by atoms with Crippen molar-refractivity contribution in [1.82, 2.24) is 9.80 Å². The Morgan fingerprint density at radius 3 is 1.88 bits per heavy atom. The largest absolute Gasteiger partial charge is 0.337 e. The van der Waals surface area contributed by atoms with Gasteiger partial charge in [-0.25, -0.2) is 0 Å². The van der Waals surface area contributed by atoms with Crippen LogP contribution < -0.4 is 0 Å². The van der Waals surface area contributed by atoms with E-state index in [1.807, 2.05) is 66.1 Å². The number of aryl methyl sites for hydroxylation is 2. The lowest BCUT2D eigenvalue weighted by Crippen LogP contribution is -2.37. The van der Waals surface area contributed by atoms with Crippen molar-refractivity contribution in [3.8, 4) is 0 Å². The first kappa shape index (κ1) is 18.6. The standard InChI is InChI=1S/C21H23BrN2O2/c1-15-4-5-18(14-16(15)2)21(26)24-11-3-10-23(12-13-24)20(25)17-6-8-19(22)9-7-17/h4-9,14H,3,10-13H2,1-2H3. The van der Waals surface area contributed by atoms with Gasteiger partial charge in [-0.05, 0) is 67.8 Å². The highest BCUT2D eigenvalue weighted by Gasteiger charge is 2.23. The van der Waals surface area contributed by atoms with Crippen LogP contribution in [0.3, 0.4) is 0 Å². The van der Waals surface area contributed by atoms with E-state index in [1.165, 1.54) is 5.56 Å². The predicted molar refractivity (Wildman–Crippen MR) is 106 cm³/mol. The molecule has 0 bridgehead atoms. The van der Waals surface area contributed by atoms with E-state index >= 15 is 0 Å². The highest BCUT2D eigenvalue weighted by molar-refractivity contribution is 9.10. The Hall–Kier alpha value is -2.14. The van der Waals surface area contributed by atoms with Crippen LogP contribution >= 0.6 is 15.9 Å². The molecule has 0 spiro atoms. The molecule has 0 atom stereocenters. The van der Waals surface area contributed by atoms with Crippen molar-refractivity contribution in [3.63, 3.8) is 0 Å². The minimum absolute atomic E-state index is 0.0259. The zero-order valence-electron chi connectivity index (χ0n) is 15.2. The van der Waals surface area contributed by atoms with E-state index in [-0.39, 0.29) is 11.8 Å². The normalized spacial score (nSPS) is 14.9. The second kappa shape index (κ2) is 8.04. The summed E-state index contributed by atoms with van der Waals surface area (Å²) in [4.78, 5) is 29.2. The van der Waals surface area contributed by atoms with Gasteiger partial charge in [-0.1, -0.05) is 22.0 Å². The molecule has 136 valence electrons. The van der Waals surface area contributed by atoms with E-state index in [2.05, 4.69) is 15.9 Å². The summed E-state index contributed by atoms with van der Waals surface area (Å²) >= 11 is 3.39. The maximum Gasteiger partial charge on any atom is 0.253 e. The Morgan fingerprint density at radius 2 is 1.31 bits per heavy atom. The number of halogens is 1. The van der Waals surface area contributed by atoms with E-state index in [4.69, 9.17) is 0 Å². The number of hydrogen-bond acceptors (Lipinski definition) is 2. The van der Waals surface area contributed by atoms with E-state index < -0.39 is 0 Å². The SMILES string of the molecule is Cc1ccc(C(=O)N2CCCN(C(=O)c3ccc(Br)cc3)CC2)cc1C. The van der Waals surface area contributed by atoms with E-state index in [0.717, 1.165) is 22.0 Å². The van der Waals surface area contributed by atoms with Crippen molar-refractivity contribution in [2.45, 2.75) is 20.3 Å². The van der Waals surface area contributed by atoms with Crippen LogP contribution in [-0.4, -0.2) is 47.8 Å². The minimum Gasteiger partial charge on any atom is -0.337 e. The van der Waals surface area contributed by atoms with Crippen molar-refractivity contribution in [2.75, 3.05) is 26.2 Å². The van der Waals surface area contributed by atoms with Crippen LogP contribution in [0.1, 0.15) is 38.3 Å². The molecule has 2 aromatic carbocycles. The van der Waals surface area contributed by atoms with Gasteiger partial charge in [0.05, 0.1) is 0 Å². The molecule has 0 N–H and O–H groups in total. The van der Waals surface area contributed by atoms with Crippen LogP contribution in [0.5, 0.6) is 0 Å². The zero-order valence-corrected chi connectivity index (χ0v) is 16.8. The number of benzene rings is 2. The summed E-state index contributed by atoms with van der Waals surface area (Å²) in [5.74, 6) is 0.0732. The molecule has 1 fully saturated rings. The van der Waals surface area contributed by atoms with Crippen LogP contribution in [0.2, 0.25) is 0 Å². The summed E-state index contributed by atoms with van der Waals surface area (Å²) in [5.41, 5.74) is 3.71. The third kappa shape index (κ3) is 4.15. The molecule has 2 aromatic rings. The van der Waals surface area contributed by atoms with Gasteiger partial charge in [-0.2, -0.15) is 0 Å². The fourth-order valence-corrected chi connectivity index (χ4v) is 3.42. The van der Waals surface area contributed by atoms with Gasteiger partial charge in [0.15, 0.2) is 0 Å². The summed E-state index contributed by atoms with van der Waals surface area (Å²) < 4.78 is 0.954. The van der Waals surface area contributed by atoms with E-state index in [9.17, 15) is 9.59 Å². The average molecular weight is 415 g/mol. The Kier molecular flexibility index (Phi) is 5.77. The van der Waals surface area contributed by atoms with Gasteiger partial charge in [-0.3, -0.25) is 9.59 Å². The monoisotopic (exact) mass is 414 g/mol. The van der Waals surface area contributed by atoms with Crippen LogP contribution in [0.25, 0.3) is 0 Å². The van der Waals surface area contributed by atoms with Crippen LogP contribution in [0.15, 0.2) is 46.9 Å². The smallest absolute Gasteiger partial charge is 0.253 e. The highest BCUT2D eigenvalue weighted by Crippen LogP contribution is 2.16. The Labute approximate surface area is 162 Å². The molecular formula is C21H23BrN2O2. The second-order valence-electron chi connectivity index (χ2n) is 6.74. The molecule has 5 heteroatoms. The second-order valence-corrected chi connectivity index (χ2v) is 7.66. The van der Waals surface area contributed by atoms with Gasteiger partial charge in [0.1, 0.15) is 0 Å². The van der Waals surface area contributed by atoms with E-state index in [0.29, 0.717) is 31.7 Å². The fourth-order valence-electron chi connectivity index (χ4n) is 3.16. The summed E-state index contributed by atoms with van der Waals surface area (Å²) in [6.07, 6.45) is 0.791. The maximum atomic E-state index is 12.8. The average Bonchev–Trinajstić information content (AvgIpc) is 2.89. The van der Waals surface area contributed by atoms with Gasteiger partial charge < -0.3 is 9.80 Å². The summed E-state index contributed by atoms with van der Waals surface area (Å²) in [6, 6.07) is 13.2. The quantitative estimate of drug-likeness (QED) is 0.743. The molecular weight excluding hydrogens is 392 g/mol. The minimum atomic E-state index is 0.0259. The molecule has 2 amide bonds. The van der Waals surface area contributed by atoms with Gasteiger partial charge in [0.2, 0.25) is 0 Å². The molecule has 0 radical (unpaired) electrons. The molecule has 26 heavy (non-hydrogen) atoms. The van der Waals surface area contributed by atoms with Crippen LogP contribution in [0, 0.1) is 13.8 Å². The van der Waals surface area contributed by atoms with Crippen LogP contribution in [-0.2, 0) is 0 Å². The van der Waals surface area contributed by atoms with Crippen molar-refractivity contribution in [1.29, 1.82) is 0 Å². The number of carbonyl (C=O) groups is 2. The zero-order chi connectivity index (χ0) is 18.7. The fraction of sp³-hybridized carbons (Fsp3) is 0.333. The number of hydrogen-bond donors (Lipinski definition) is 0. The maximum absolute atomic E-state index is 12.8. The summed E-state index contributed by atoms with van der Waals surface area (Å²) in [7, 11) is 0. The van der Waals surface area contributed by atoms with Gasteiger partial charge >= 0.3 is 0 Å². The van der Waals surface area contributed by atoms with Crippen molar-refractivity contribution < 1.29 is 9.59 Å². The third-order valence-corrected chi connectivity index (χ3v) is 5.44. The van der Waals surface area contributed by atoms with Gasteiger partial charge in [-0.15, -0.1) is 0 Å².